The fourth-order valence-corrected chi connectivity index (χ4v) is 6.16. The molecule has 2 aliphatic heterocycles. The molecule has 0 N–H and O–H groups in total. The Hall–Kier alpha value is -1.91. The summed E-state index contributed by atoms with van der Waals surface area (Å²) in [5, 5.41) is 8.42. The third-order valence-electron chi connectivity index (χ3n) is 5.74. The van der Waals surface area contributed by atoms with Crippen molar-refractivity contribution in [3.8, 4) is 11.4 Å². The van der Waals surface area contributed by atoms with Crippen LogP contribution in [0.15, 0.2) is 10.5 Å². The molecule has 2 aliphatic rings. The van der Waals surface area contributed by atoms with Crippen molar-refractivity contribution in [1.82, 2.24) is 19.1 Å². The number of nitrogens with zero attached hydrogens (tertiary/aromatic N) is 5. The van der Waals surface area contributed by atoms with E-state index in [4.69, 9.17) is 9.15 Å². The van der Waals surface area contributed by atoms with E-state index in [-0.39, 0.29) is 0 Å². The molecule has 160 valence electrons. The van der Waals surface area contributed by atoms with Gasteiger partial charge in [0.05, 0.1) is 24.0 Å². The Kier molecular flexibility index (Phi) is 5.67. The van der Waals surface area contributed by atoms with E-state index in [1.165, 1.54) is 0 Å². The largest absolute Gasteiger partial charge is 0.466 e. The Bertz CT molecular complexity index is 961. The number of anilines is 1. The Labute approximate surface area is 171 Å². The van der Waals surface area contributed by atoms with Crippen molar-refractivity contribution in [1.29, 1.82) is 0 Å². The molecular formula is C19H29N5O4S. The molecule has 2 aromatic heterocycles. The number of furan rings is 1. The van der Waals surface area contributed by atoms with Crippen LogP contribution in [0.4, 0.5) is 5.95 Å². The lowest BCUT2D eigenvalue weighted by molar-refractivity contribution is 0.0725. The third kappa shape index (κ3) is 3.80. The van der Waals surface area contributed by atoms with E-state index in [1.54, 1.807) is 4.31 Å². The SMILES string of the molecule is CCn1c(-c2cc(C)oc2C)nnc1N1CCCC(S(=O)(=O)N2CCOCC2)C1. The summed E-state index contributed by atoms with van der Waals surface area (Å²) in [7, 11) is -3.36. The van der Waals surface area contributed by atoms with Gasteiger partial charge in [-0.3, -0.25) is 4.57 Å². The van der Waals surface area contributed by atoms with Gasteiger partial charge in [0, 0.05) is 32.7 Å². The molecule has 10 heteroatoms. The lowest BCUT2D eigenvalue weighted by Crippen LogP contribution is -2.51. The van der Waals surface area contributed by atoms with Crippen LogP contribution in [-0.4, -0.2) is 72.1 Å². The van der Waals surface area contributed by atoms with Gasteiger partial charge in [-0.15, -0.1) is 10.2 Å². The minimum Gasteiger partial charge on any atom is -0.466 e. The van der Waals surface area contributed by atoms with Gasteiger partial charge >= 0.3 is 0 Å². The highest BCUT2D eigenvalue weighted by Crippen LogP contribution is 2.30. The molecule has 0 bridgehead atoms. The van der Waals surface area contributed by atoms with Crippen molar-refractivity contribution < 1.29 is 17.6 Å². The van der Waals surface area contributed by atoms with Crippen LogP contribution >= 0.6 is 0 Å². The van der Waals surface area contributed by atoms with E-state index < -0.39 is 15.3 Å². The molecule has 0 aliphatic carbocycles. The summed E-state index contributed by atoms with van der Waals surface area (Å²) in [5.74, 6) is 3.12. The average Bonchev–Trinajstić information content (AvgIpc) is 3.30. The van der Waals surface area contributed by atoms with Gasteiger partial charge in [-0.05, 0) is 39.7 Å². The van der Waals surface area contributed by atoms with Crippen molar-refractivity contribution >= 4 is 16.0 Å². The van der Waals surface area contributed by atoms with E-state index in [0.717, 1.165) is 41.8 Å². The second-order valence-corrected chi connectivity index (χ2v) is 9.87. The third-order valence-corrected chi connectivity index (χ3v) is 8.05. The Morgan fingerprint density at radius 1 is 1.17 bits per heavy atom. The molecule has 9 nitrogen and oxygen atoms in total. The molecule has 4 heterocycles. The average molecular weight is 424 g/mol. The molecule has 0 saturated carbocycles. The molecule has 0 radical (unpaired) electrons. The lowest BCUT2D eigenvalue weighted by Gasteiger charge is -2.36. The van der Waals surface area contributed by atoms with Gasteiger partial charge in [0.15, 0.2) is 5.82 Å². The minimum absolute atomic E-state index is 0.432. The molecule has 4 rings (SSSR count). The molecular weight excluding hydrogens is 394 g/mol. The number of piperidine rings is 1. The molecule has 2 aromatic rings. The maximum Gasteiger partial charge on any atom is 0.227 e. The molecule has 1 unspecified atom stereocenters. The monoisotopic (exact) mass is 423 g/mol. The van der Waals surface area contributed by atoms with E-state index in [9.17, 15) is 8.42 Å². The molecule has 0 spiro atoms. The lowest BCUT2D eigenvalue weighted by atomic mass is 10.1. The van der Waals surface area contributed by atoms with Crippen LogP contribution in [0.1, 0.15) is 31.3 Å². The van der Waals surface area contributed by atoms with Crippen molar-refractivity contribution in [2.24, 2.45) is 0 Å². The fourth-order valence-electron chi connectivity index (χ4n) is 4.25. The standard InChI is InChI=1S/C19H29N5O4S/c1-4-24-18(17-12-14(2)28-15(17)3)20-21-19(24)22-7-5-6-16(13-22)29(25,26)23-8-10-27-11-9-23/h12,16H,4-11,13H2,1-3H3. The zero-order chi connectivity index (χ0) is 20.6. The summed E-state index contributed by atoms with van der Waals surface area (Å²) in [6, 6.07) is 1.97. The summed E-state index contributed by atoms with van der Waals surface area (Å²) in [4.78, 5) is 2.06. The number of ether oxygens (including phenoxy) is 1. The fraction of sp³-hybridized carbons (Fsp3) is 0.684. The molecule has 0 amide bonds. The predicted octanol–water partition coefficient (Wildman–Crippen LogP) is 1.81. The Morgan fingerprint density at radius 3 is 2.59 bits per heavy atom. The first-order valence-corrected chi connectivity index (χ1v) is 11.7. The van der Waals surface area contributed by atoms with Crippen molar-refractivity contribution in [2.75, 3.05) is 44.3 Å². The number of aryl methyl sites for hydroxylation is 2. The number of aromatic nitrogens is 3. The van der Waals surface area contributed by atoms with Gasteiger partial charge in [0.25, 0.3) is 0 Å². The van der Waals surface area contributed by atoms with Crippen LogP contribution in [0, 0.1) is 13.8 Å². The van der Waals surface area contributed by atoms with E-state index in [1.807, 2.05) is 31.4 Å². The summed E-state index contributed by atoms with van der Waals surface area (Å²) >= 11 is 0. The summed E-state index contributed by atoms with van der Waals surface area (Å²) < 4.78 is 40.9. The summed E-state index contributed by atoms with van der Waals surface area (Å²) in [6.07, 6.45) is 1.48. The Balaban J connectivity index is 1.59. The molecule has 29 heavy (non-hydrogen) atoms. The zero-order valence-electron chi connectivity index (χ0n) is 17.3. The predicted molar refractivity (Wildman–Crippen MR) is 109 cm³/mol. The zero-order valence-corrected chi connectivity index (χ0v) is 18.1. The second-order valence-electron chi connectivity index (χ2n) is 7.66. The van der Waals surface area contributed by atoms with Gasteiger partial charge in [0.2, 0.25) is 16.0 Å². The normalized spacial score (nSPS) is 21.6. The highest BCUT2D eigenvalue weighted by atomic mass is 32.2. The summed E-state index contributed by atoms with van der Waals surface area (Å²) in [5.41, 5.74) is 0.928. The van der Waals surface area contributed by atoms with Gasteiger partial charge in [-0.25, -0.2) is 8.42 Å². The van der Waals surface area contributed by atoms with Crippen LogP contribution in [0.3, 0.4) is 0 Å². The molecule has 1 atom stereocenters. The number of rotatable bonds is 5. The van der Waals surface area contributed by atoms with Crippen LogP contribution in [0.2, 0.25) is 0 Å². The van der Waals surface area contributed by atoms with Crippen LogP contribution in [0.25, 0.3) is 11.4 Å². The maximum atomic E-state index is 13.1. The number of hydrogen-bond acceptors (Lipinski definition) is 7. The quantitative estimate of drug-likeness (QED) is 0.724. The summed E-state index contributed by atoms with van der Waals surface area (Å²) in [6.45, 7) is 9.58. The highest BCUT2D eigenvalue weighted by Gasteiger charge is 2.37. The molecule has 0 aromatic carbocycles. The van der Waals surface area contributed by atoms with Gasteiger partial charge in [-0.1, -0.05) is 0 Å². The molecule has 2 saturated heterocycles. The van der Waals surface area contributed by atoms with Crippen molar-refractivity contribution in [3.63, 3.8) is 0 Å². The molecule has 2 fully saturated rings. The van der Waals surface area contributed by atoms with Gasteiger partial charge < -0.3 is 14.1 Å². The van der Waals surface area contributed by atoms with E-state index >= 15 is 0 Å². The number of sulfonamides is 1. The van der Waals surface area contributed by atoms with Crippen molar-refractivity contribution in [3.05, 3.63) is 17.6 Å². The van der Waals surface area contributed by atoms with Crippen LogP contribution in [-0.2, 0) is 21.3 Å². The van der Waals surface area contributed by atoms with E-state index in [0.29, 0.717) is 45.8 Å². The maximum absolute atomic E-state index is 13.1. The highest BCUT2D eigenvalue weighted by molar-refractivity contribution is 7.89. The first-order chi connectivity index (χ1) is 13.9. The van der Waals surface area contributed by atoms with Crippen LogP contribution in [0.5, 0.6) is 0 Å². The number of morpholine rings is 1. The first-order valence-electron chi connectivity index (χ1n) is 10.2. The van der Waals surface area contributed by atoms with Crippen molar-refractivity contribution in [2.45, 2.75) is 45.4 Å². The van der Waals surface area contributed by atoms with Gasteiger partial charge in [0.1, 0.15) is 11.5 Å². The smallest absolute Gasteiger partial charge is 0.227 e. The topological polar surface area (TPSA) is 93.7 Å². The van der Waals surface area contributed by atoms with Crippen LogP contribution < -0.4 is 4.90 Å². The van der Waals surface area contributed by atoms with Gasteiger partial charge in [-0.2, -0.15) is 4.31 Å². The minimum atomic E-state index is -3.36. The number of hydrogen-bond donors (Lipinski definition) is 0. The Morgan fingerprint density at radius 2 is 1.93 bits per heavy atom. The second kappa shape index (κ2) is 8.08. The van der Waals surface area contributed by atoms with E-state index in [2.05, 4.69) is 15.1 Å². The first kappa shape index (κ1) is 20.4.